The minimum atomic E-state index is -0.604. The van der Waals surface area contributed by atoms with Crippen molar-refractivity contribution in [1.82, 2.24) is 9.80 Å². The number of amides is 2. The van der Waals surface area contributed by atoms with E-state index in [1.807, 2.05) is 29.6 Å². The number of halogens is 1. The van der Waals surface area contributed by atoms with Crippen molar-refractivity contribution in [1.29, 1.82) is 0 Å². The molecule has 3 aromatic rings. The van der Waals surface area contributed by atoms with Gasteiger partial charge in [0.15, 0.2) is 0 Å². The predicted octanol–water partition coefficient (Wildman–Crippen LogP) is 4.72. The minimum Gasteiger partial charge on any atom is -0.497 e. The monoisotopic (exact) mass is 538 g/mol. The molecule has 3 heterocycles. The lowest BCUT2D eigenvalue weighted by atomic mass is 10.00. The topological polar surface area (TPSA) is 68.3 Å². The zero-order valence-electron chi connectivity index (χ0n) is 21.3. The Balaban J connectivity index is 1.36. The van der Waals surface area contributed by atoms with Gasteiger partial charge in [-0.05, 0) is 60.5 Å². The SMILES string of the molecule is COc1cccc(OC[C@@H]2c3ccsc3CCN2C(=O)CN(C[C@@H]2CCCO2)C(=O)c2ccccc2F)c1. The van der Waals surface area contributed by atoms with E-state index in [4.69, 9.17) is 14.2 Å². The van der Waals surface area contributed by atoms with Crippen LogP contribution in [0, 0.1) is 5.82 Å². The highest BCUT2D eigenvalue weighted by Crippen LogP contribution is 2.34. The maximum absolute atomic E-state index is 14.5. The van der Waals surface area contributed by atoms with Gasteiger partial charge in [-0.15, -0.1) is 11.3 Å². The molecule has 0 saturated carbocycles. The van der Waals surface area contributed by atoms with Crippen molar-refractivity contribution in [3.05, 3.63) is 81.8 Å². The first-order chi connectivity index (χ1) is 18.5. The van der Waals surface area contributed by atoms with Crippen molar-refractivity contribution in [2.75, 3.05) is 40.0 Å². The van der Waals surface area contributed by atoms with E-state index < -0.39 is 11.7 Å². The summed E-state index contributed by atoms with van der Waals surface area (Å²) in [6.45, 7) is 1.47. The van der Waals surface area contributed by atoms with Crippen LogP contribution in [-0.2, 0) is 16.0 Å². The molecule has 2 atom stereocenters. The molecule has 200 valence electrons. The lowest BCUT2D eigenvalue weighted by Crippen LogP contribution is -2.49. The first-order valence-electron chi connectivity index (χ1n) is 12.8. The Morgan fingerprint density at radius 2 is 2.00 bits per heavy atom. The molecule has 0 bridgehead atoms. The Morgan fingerprint density at radius 1 is 1.16 bits per heavy atom. The maximum Gasteiger partial charge on any atom is 0.257 e. The van der Waals surface area contributed by atoms with Gasteiger partial charge in [0.25, 0.3) is 5.91 Å². The Bertz CT molecular complexity index is 1280. The fourth-order valence-electron chi connectivity index (χ4n) is 5.05. The van der Waals surface area contributed by atoms with E-state index in [0.717, 1.165) is 24.8 Å². The number of methoxy groups -OCH3 is 1. The minimum absolute atomic E-state index is 0.0463. The number of rotatable bonds is 9. The van der Waals surface area contributed by atoms with Crippen LogP contribution in [0.2, 0.25) is 0 Å². The van der Waals surface area contributed by atoms with E-state index in [0.29, 0.717) is 24.7 Å². The second-order valence-electron chi connectivity index (χ2n) is 9.44. The average molecular weight is 539 g/mol. The van der Waals surface area contributed by atoms with Crippen LogP contribution in [-0.4, -0.2) is 67.7 Å². The molecule has 9 heteroatoms. The second-order valence-corrected chi connectivity index (χ2v) is 10.4. The van der Waals surface area contributed by atoms with Crippen LogP contribution in [0.4, 0.5) is 4.39 Å². The van der Waals surface area contributed by atoms with Gasteiger partial charge in [-0.2, -0.15) is 0 Å². The summed E-state index contributed by atoms with van der Waals surface area (Å²) in [6, 6.07) is 15.0. The Kier molecular flexibility index (Phi) is 8.24. The van der Waals surface area contributed by atoms with Crippen molar-refractivity contribution in [3.63, 3.8) is 0 Å². The Hall–Kier alpha value is -3.43. The first kappa shape index (κ1) is 26.2. The number of hydrogen-bond acceptors (Lipinski definition) is 6. The van der Waals surface area contributed by atoms with E-state index in [2.05, 4.69) is 0 Å². The highest BCUT2D eigenvalue weighted by atomic mass is 32.1. The summed E-state index contributed by atoms with van der Waals surface area (Å²) in [4.78, 5) is 31.6. The molecule has 2 aliphatic heterocycles. The molecule has 1 fully saturated rings. The molecular formula is C29H31FN2O5S. The van der Waals surface area contributed by atoms with Gasteiger partial charge in [-0.25, -0.2) is 4.39 Å². The van der Waals surface area contributed by atoms with Gasteiger partial charge >= 0.3 is 0 Å². The molecule has 1 aromatic heterocycles. The third-order valence-electron chi connectivity index (χ3n) is 7.03. The molecule has 2 aromatic carbocycles. The number of nitrogens with zero attached hydrogens (tertiary/aromatic N) is 2. The van der Waals surface area contributed by atoms with Crippen LogP contribution >= 0.6 is 11.3 Å². The molecule has 1 saturated heterocycles. The molecule has 7 nitrogen and oxygen atoms in total. The van der Waals surface area contributed by atoms with E-state index in [9.17, 15) is 14.0 Å². The summed E-state index contributed by atoms with van der Waals surface area (Å²) in [5.41, 5.74) is 1.01. The van der Waals surface area contributed by atoms with Crippen LogP contribution in [0.5, 0.6) is 11.5 Å². The fourth-order valence-corrected chi connectivity index (χ4v) is 5.98. The molecular weight excluding hydrogens is 507 g/mol. The Morgan fingerprint density at radius 3 is 2.79 bits per heavy atom. The highest BCUT2D eigenvalue weighted by molar-refractivity contribution is 7.10. The number of hydrogen-bond donors (Lipinski definition) is 0. The summed E-state index contributed by atoms with van der Waals surface area (Å²) >= 11 is 1.67. The van der Waals surface area contributed by atoms with E-state index >= 15 is 0 Å². The molecule has 2 aliphatic rings. The number of carbonyl (C=O) groups is 2. The third kappa shape index (κ3) is 5.84. The van der Waals surface area contributed by atoms with E-state index in [1.54, 1.807) is 41.5 Å². The van der Waals surface area contributed by atoms with Gasteiger partial charge in [-0.1, -0.05) is 18.2 Å². The van der Waals surface area contributed by atoms with Crippen molar-refractivity contribution in [3.8, 4) is 11.5 Å². The number of ether oxygens (including phenoxy) is 3. The molecule has 5 rings (SSSR count). The first-order valence-corrected chi connectivity index (χ1v) is 13.7. The maximum atomic E-state index is 14.5. The van der Waals surface area contributed by atoms with Gasteiger partial charge in [-0.3, -0.25) is 9.59 Å². The van der Waals surface area contributed by atoms with Crippen molar-refractivity contribution in [2.24, 2.45) is 0 Å². The van der Waals surface area contributed by atoms with Crippen molar-refractivity contribution in [2.45, 2.75) is 31.4 Å². The largest absolute Gasteiger partial charge is 0.497 e. The quantitative estimate of drug-likeness (QED) is 0.394. The normalized spacial score (nSPS) is 18.6. The van der Waals surface area contributed by atoms with Gasteiger partial charge in [0, 0.05) is 30.6 Å². The summed E-state index contributed by atoms with van der Waals surface area (Å²) < 4.78 is 31.7. The number of carbonyl (C=O) groups excluding carboxylic acids is 2. The van der Waals surface area contributed by atoms with Crippen molar-refractivity contribution < 1.29 is 28.2 Å². The number of fused-ring (bicyclic) bond motifs is 1. The average Bonchev–Trinajstić information content (AvgIpc) is 3.63. The van der Waals surface area contributed by atoms with Gasteiger partial charge in [0.05, 0.1) is 24.8 Å². The smallest absolute Gasteiger partial charge is 0.257 e. The van der Waals surface area contributed by atoms with Crippen molar-refractivity contribution >= 4 is 23.2 Å². The predicted molar refractivity (Wildman–Crippen MR) is 142 cm³/mol. The lowest BCUT2D eigenvalue weighted by molar-refractivity contribution is -0.135. The van der Waals surface area contributed by atoms with Crippen LogP contribution in [0.15, 0.2) is 60.0 Å². The number of thiophene rings is 1. The van der Waals surface area contributed by atoms with E-state index in [1.165, 1.54) is 21.9 Å². The van der Waals surface area contributed by atoms with Crippen LogP contribution in [0.25, 0.3) is 0 Å². The van der Waals surface area contributed by atoms with E-state index in [-0.39, 0.29) is 43.3 Å². The molecule has 0 N–H and O–H groups in total. The Labute approximate surface area is 225 Å². The highest BCUT2D eigenvalue weighted by Gasteiger charge is 2.35. The summed E-state index contributed by atoms with van der Waals surface area (Å²) in [5.74, 6) is 0.0152. The third-order valence-corrected chi connectivity index (χ3v) is 8.03. The number of benzene rings is 2. The molecule has 38 heavy (non-hydrogen) atoms. The second kappa shape index (κ2) is 12.0. The molecule has 0 aliphatic carbocycles. The summed E-state index contributed by atoms with van der Waals surface area (Å²) in [6.07, 6.45) is 2.27. The van der Waals surface area contributed by atoms with Crippen LogP contribution in [0.3, 0.4) is 0 Å². The van der Waals surface area contributed by atoms with Crippen LogP contribution < -0.4 is 9.47 Å². The van der Waals surface area contributed by atoms with Gasteiger partial charge < -0.3 is 24.0 Å². The molecule has 0 radical (unpaired) electrons. The molecule has 0 unspecified atom stereocenters. The summed E-state index contributed by atoms with van der Waals surface area (Å²) in [5, 5.41) is 2.03. The zero-order valence-corrected chi connectivity index (χ0v) is 22.1. The lowest BCUT2D eigenvalue weighted by Gasteiger charge is -2.37. The zero-order chi connectivity index (χ0) is 26.5. The molecule has 0 spiro atoms. The standard InChI is InChI=1S/C29H31FN2O5S/c1-35-20-6-4-7-21(16-20)37-19-26-24-12-15-38-27(24)11-13-32(26)28(33)18-31(17-22-8-5-14-36-22)29(34)23-9-2-3-10-25(23)30/h2-4,6-7,9-10,12,15-16,22,26H,5,8,11,13-14,17-19H2,1H3/t22-,26+/m0/s1. The van der Waals surface area contributed by atoms with Gasteiger partial charge in [0.2, 0.25) is 5.91 Å². The van der Waals surface area contributed by atoms with Crippen LogP contribution in [0.1, 0.15) is 39.7 Å². The molecule has 2 amide bonds. The fraction of sp³-hybridized carbons (Fsp3) is 0.379. The van der Waals surface area contributed by atoms with Gasteiger partial charge in [0.1, 0.15) is 30.5 Å². The summed E-state index contributed by atoms with van der Waals surface area (Å²) in [7, 11) is 1.60.